The topological polar surface area (TPSA) is 164 Å². The molecule has 1 unspecified atom stereocenters. The Balaban J connectivity index is -0.00000480. The molecule has 0 saturated carbocycles. The van der Waals surface area contributed by atoms with E-state index in [2.05, 4.69) is 11.7 Å². The molecule has 0 heterocycles. The number of aliphatic hydroxyl groups is 1. The summed E-state index contributed by atoms with van der Waals surface area (Å²) in [6.07, 6.45) is 7.68. The van der Waals surface area contributed by atoms with Gasteiger partial charge >= 0.3 is 89.0 Å². The number of carboxylic acid groups (broad SMARTS) is 2. The second-order valence-electron chi connectivity index (χ2n) is 7.83. The van der Waals surface area contributed by atoms with Gasteiger partial charge in [-0.3, -0.25) is 19.2 Å². The van der Waals surface area contributed by atoms with Crippen LogP contribution in [0, 0.1) is 0 Å². The number of ether oxygens (including phenoxy) is 2. The predicted octanol–water partition coefficient (Wildman–Crippen LogP) is 1.68. The van der Waals surface area contributed by atoms with E-state index >= 15 is 0 Å². The van der Waals surface area contributed by atoms with Crippen LogP contribution in [0.4, 0.5) is 0 Å². The Morgan fingerprint density at radius 3 is 1.62 bits per heavy atom. The molecule has 0 aromatic carbocycles. The Bertz CT molecular complexity index is 627. The van der Waals surface area contributed by atoms with Crippen molar-refractivity contribution >= 4 is 89.0 Å². The van der Waals surface area contributed by atoms with Crippen LogP contribution < -0.4 is 0 Å². The first kappa shape index (κ1) is 38.0. The fourth-order valence-electron chi connectivity index (χ4n) is 2.94. The molecule has 0 fully saturated rings. The Labute approximate surface area is 245 Å². The van der Waals surface area contributed by atoms with Crippen LogP contribution >= 0.6 is 0 Å². The molecule has 0 aliphatic carbocycles. The molecule has 0 radical (unpaired) electrons. The van der Waals surface area contributed by atoms with Crippen molar-refractivity contribution in [2.75, 3.05) is 6.61 Å². The first-order valence-corrected chi connectivity index (χ1v) is 11.2. The van der Waals surface area contributed by atoms with Gasteiger partial charge in [0.1, 0.15) is 0 Å². The molecule has 0 saturated heterocycles. The molecule has 0 aliphatic heterocycles. The van der Waals surface area contributed by atoms with Gasteiger partial charge in [0.15, 0.2) is 5.60 Å². The fraction of sp³-hybridized carbons (Fsp3) is 0.773. The van der Waals surface area contributed by atoms with Crippen molar-refractivity contribution < 1.29 is 48.8 Å². The van der Waals surface area contributed by atoms with Gasteiger partial charge in [0.25, 0.3) is 0 Å². The van der Waals surface area contributed by atoms with E-state index in [4.69, 9.17) is 9.84 Å². The number of esters is 3. The zero-order valence-corrected chi connectivity index (χ0v) is 18.8. The van der Waals surface area contributed by atoms with Crippen LogP contribution in [0.3, 0.4) is 0 Å². The summed E-state index contributed by atoms with van der Waals surface area (Å²) in [4.78, 5) is 56.6. The first-order valence-electron chi connectivity index (χ1n) is 11.2. The zero-order chi connectivity index (χ0) is 24.4. The van der Waals surface area contributed by atoms with Crippen molar-refractivity contribution in [3.63, 3.8) is 0 Å². The zero-order valence-electron chi connectivity index (χ0n) is 18.8. The number of unbranched alkanes of at least 4 members (excludes halogenated alkanes) is 9. The van der Waals surface area contributed by atoms with Crippen LogP contribution in [0.25, 0.3) is 0 Å². The molecule has 0 aromatic rings. The number of carboxylic acids is 2. The molecule has 0 aliphatic rings. The number of hydrogen-bond acceptors (Lipinski definition) is 8. The van der Waals surface area contributed by atoms with Gasteiger partial charge in [-0.05, 0) is 6.42 Å². The van der Waals surface area contributed by atoms with E-state index in [9.17, 15) is 34.2 Å². The van der Waals surface area contributed by atoms with E-state index in [1.54, 1.807) is 0 Å². The third-order valence-corrected chi connectivity index (χ3v) is 4.80. The van der Waals surface area contributed by atoms with Crippen molar-refractivity contribution in [1.29, 1.82) is 0 Å². The fourth-order valence-corrected chi connectivity index (χ4v) is 2.94. The second kappa shape index (κ2) is 22.9. The van der Waals surface area contributed by atoms with Gasteiger partial charge in [0.05, 0.1) is 32.3 Å². The summed E-state index contributed by atoms with van der Waals surface area (Å²) in [5, 5.41) is 27.8. The third kappa shape index (κ3) is 20.8. The monoisotopic (exact) mass is 508 g/mol. The molecule has 34 heavy (non-hydrogen) atoms. The van der Waals surface area contributed by atoms with E-state index in [0.29, 0.717) is 6.42 Å². The summed E-state index contributed by atoms with van der Waals surface area (Å²) in [6.45, 7) is 2.25. The van der Waals surface area contributed by atoms with E-state index in [-0.39, 0.29) is 65.7 Å². The Kier molecular flexibility index (Phi) is 25.7. The number of aliphatic carboxylic acids is 2. The Morgan fingerprint density at radius 2 is 1.15 bits per heavy atom. The van der Waals surface area contributed by atoms with Crippen molar-refractivity contribution in [3.8, 4) is 0 Å². The van der Waals surface area contributed by atoms with Crippen molar-refractivity contribution in [3.05, 3.63) is 0 Å². The number of hydrogen-bond donors (Lipinski definition) is 3. The minimum atomic E-state index is -2.79. The second-order valence-corrected chi connectivity index (χ2v) is 7.83. The Morgan fingerprint density at radius 1 is 0.676 bits per heavy atom. The van der Waals surface area contributed by atoms with Crippen molar-refractivity contribution in [2.24, 2.45) is 0 Å². The number of carbonyl (C=O) groups excluding carboxylic acids is 3. The van der Waals surface area contributed by atoms with Crippen LogP contribution in [0.1, 0.15) is 96.8 Å². The van der Waals surface area contributed by atoms with Crippen LogP contribution in [0.15, 0.2) is 0 Å². The first-order chi connectivity index (χ1) is 15.1. The standard InChI is InChI=1S/C22H36O10.2Na.2H/c1-2-3-4-5-6-7-8-9-10-11-14-31-19(26)15-22(30,21(28)29)16-20(27)32-18(25)13-12-17(23)24;;;;/h30H,2-16H2,1H3,(H,23,24)(H,28,29);;;;. The maximum absolute atomic E-state index is 11.9. The average Bonchev–Trinajstić information content (AvgIpc) is 2.70. The molecule has 0 bridgehead atoms. The molecule has 0 amide bonds. The molecular formula is C22H38Na2O10. The SMILES string of the molecule is CCCCCCCCCCCCOC(=O)CC(O)(CC(=O)OC(=O)CCC(=O)O)C(=O)O.[NaH].[NaH]. The molecule has 188 valence electrons. The van der Waals surface area contributed by atoms with E-state index in [1.807, 2.05) is 0 Å². The third-order valence-electron chi connectivity index (χ3n) is 4.80. The molecule has 1 atom stereocenters. The molecule has 0 spiro atoms. The molecule has 0 rings (SSSR count). The van der Waals surface area contributed by atoms with Gasteiger partial charge in [-0.2, -0.15) is 0 Å². The quantitative estimate of drug-likeness (QED) is 0.101. The molecule has 10 nitrogen and oxygen atoms in total. The molecule has 3 N–H and O–H groups in total. The summed E-state index contributed by atoms with van der Waals surface area (Å²) >= 11 is 0. The summed E-state index contributed by atoms with van der Waals surface area (Å²) in [5.74, 6) is -6.66. The predicted molar refractivity (Wildman–Crippen MR) is 127 cm³/mol. The maximum atomic E-state index is 11.9. The van der Waals surface area contributed by atoms with Gasteiger partial charge in [-0.25, -0.2) is 4.79 Å². The molecule has 12 heteroatoms. The van der Waals surface area contributed by atoms with Gasteiger partial charge in [-0.1, -0.05) is 64.7 Å². The van der Waals surface area contributed by atoms with Crippen molar-refractivity contribution in [2.45, 2.75) is 102 Å². The summed E-state index contributed by atoms with van der Waals surface area (Å²) in [5.41, 5.74) is -2.79. The minimum absolute atomic E-state index is 0. The normalized spacial score (nSPS) is 11.8. The van der Waals surface area contributed by atoms with Crippen LogP contribution in [0.2, 0.25) is 0 Å². The molecule has 0 aromatic heterocycles. The Hall–Kier alpha value is -0.490. The number of carbonyl (C=O) groups is 5. The average molecular weight is 509 g/mol. The summed E-state index contributed by atoms with van der Waals surface area (Å²) in [6, 6.07) is 0. The van der Waals surface area contributed by atoms with Crippen LogP contribution in [-0.2, 0) is 33.4 Å². The molecular weight excluding hydrogens is 470 g/mol. The van der Waals surface area contributed by atoms with Gasteiger partial charge in [-0.15, -0.1) is 0 Å². The van der Waals surface area contributed by atoms with Gasteiger partial charge in [0, 0.05) is 0 Å². The van der Waals surface area contributed by atoms with Crippen LogP contribution in [-0.4, -0.2) is 116 Å². The van der Waals surface area contributed by atoms with E-state index < -0.39 is 61.1 Å². The van der Waals surface area contributed by atoms with E-state index in [0.717, 1.165) is 19.3 Å². The van der Waals surface area contributed by atoms with Crippen LogP contribution in [0.5, 0.6) is 0 Å². The van der Waals surface area contributed by atoms with Gasteiger partial charge in [0.2, 0.25) is 0 Å². The summed E-state index contributed by atoms with van der Waals surface area (Å²) < 4.78 is 9.23. The van der Waals surface area contributed by atoms with E-state index in [1.165, 1.54) is 38.5 Å². The van der Waals surface area contributed by atoms with Crippen molar-refractivity contribution in [1.82, 2.24) is 0 Å². The summed E-state index contributed by atoms with van der Waals surface area (Å²) in [7, 11) is 0. The van der Waals surface area contributed by atoms with Gasteiger partial charge < -0.3 is 24.8 Å². The number of rotatable bonds is 19.